The summed E-state index contributed by atoms with van der Waals surface area (Å²) in [7, 11) is -5.68. The highest BCUT2D eigenvalue weighted by Gasteiger charge is 2.34. The van der Waals surface area contributed by atoms with Crippen LogP contribution in [0.3, 0.4) is 0 Å². The minimum Gasteiger partial charge on any atom is -0.367 e. The number of anilines is 1. The summed E-state index contributed by atoms with van der Waals surface area (Å²) in [6, 6.07) is 2.26. The van der Waals surface area contributed by atoms with Crippen LogP contribution in [-0.4, -0.2) is 78.0 Å². The van der Waals surface area contributed by atoms with Gasteiger partial charge in [-0.3, -0.25) is 14.3 Å². The average Bonchev–Trinajstić information content (AvgIpc) is 2.73. The van der Waals surface area contributed by atoms with Gasteiger partial charge in [0.15, 0.2) is 9.84 Å². The van der Waals surface area contributed by atoms with E-state index in [0.717, 1.165) is 25.4 Å². The summed E-state index contributed by atoms with van der Waals surface area (Å²) in [4.78, 5) is 14.6. The van der Waals surface area contributed by atoms with Crippen molar-refractivity contribution in [3.63, 3.8) is 0 Å². The van der Waals surface area contributed by atoms with E-state index >= 15 is 0 Å². The maximum absolute atomic E-state index is 13.9. The van der Waals surface area contributed by atoms with Gasteiger partial charge in [-0.15, -0.1) is 6.42 Å². The lowest BCUT2D eigenvalue weighted by atomic mass is 10.1. The first-order valence-corrected chi connectivity index (χ1v) is 14.6. The molecule has 34 heavy (non-hydrogen) atoms. The zero-order chi connectivity index (χ0) is 25.5. The van der Waals surface area contributed by atoms with E-state index in [1.165, 1.54) is 6.07 Å². The van der Waals surface area contributed by atoms with Crippen molar-refractivity contribution >= 4 is 31.3 Å². The number of likely N-dealkylation sites (tertiary alicyclic amines) is 1. The Hall–Kier alpha value is -2.20. The largest absolute Gasteiger partial charge is 0.367 e. The highest BCUT2D eigenvalue weighted by Crippen LogP contribution is 2.37. The quantitative estimate of drug-likeness (QED) is 0.200. The highest BCUT2D eigenvalue weighted by molar-refractivity contribution is 7.92. The van der Waals surface area contributed by atoms with Gasteiger partial charge in [0.1, 0.15) is 0 Å². The van der Waals surface area contributed by atoms with Crippen molar-refractivity contribution in [1.82, 2.24) is 4.90 Å². The minimum absolute atomic E-state index is 0.0470. The topological polar surface area (TPSA) is 127 Å². The number of hydrogen-bond donors (Lipinski definition) is 0. The molecule has 10 nitrogen and oxygen atoms in total. The Morgan fingerprint density at radius 1 is 1.21 bits per heavy atom. The van der Waals surface area contributed by atoms with Crippen molar-refractivity contribution in [1.29, 1.82) is 0 Å². The van der Waals surface area contributed by atoms with E-state index in [-0.39, 0.29) is 29.3 Å². The van der Waals surface area contributed by atoms with Crippen LogP contribution in [0.2, 0.25) is 0 Å². The predicted molar refractivity (Wildman–Crippen MR) is 131 cm³/mol. The maximum Gasteiger partial charge on any atom is 0.272 e. The van der Waals surface area contributed by atoms with E-state index in [1.807, 2.05) is 14.0 Å². The summed E-state index contributed by atoms with van der Waals surface area (Å²) in [6.45, 7) is 3.62. The number of benzene rings is 1. The first-order chi connectivity index (χ1) is 15.9. The van der Waals surface area contributed by atoms with Crippen LogP contribution in [0.4, 0.5) is 11.4 Å². The second-order valence-electron chi connectivity index (χ2n) is 8.51. The van der Waals surface area contributed by atoms with Gasteiger partial charge in [0, 0.05) is 25.2 Å². The molecule has 12 heteroatoms. The molecule has 0 aliphatic carbocycles. The molecule has 2 rings (SSSR count). The van der Waals surface area contributed by atoms with E-state index in [4.69, 9.17) is 10.6 Å². The number of nitro groups is 1. The number of non-ortho nitro benzene ring substituents is 1. The first-order valence-electron chi connectivity index (χ1n) is 11.2. The van der Waals surface area contributed by atoms with Crippen LogP contribution < -0.4 is 4.90 Å². The Morgan fingerprint density at radius 2 is 1.82 bits per heavy atom. The molecule has 0 bridgehead atoms. The molecule has 0 atom stereocenters. The molecular formula is C22H33N3O7S2. The van der Waals surface area contributed by atoms with Crippen molar-refractivity contribution in [2.24, 2.45) is 0 Å². The lowest BCUT2D eigenvalue weighted by Gasteiger charge is -2.30. The Kier molecular flexibility index (Phi) is 9.87. The molecular weight excluding hydrogens is 482 g/mol. The molecule has 0 N–H and O–H groups in total. The highest BCUT2D eigenvalue weighted by atomic mass is 32.2. The van der Waals surface area contributed by atoms with Crippen LogP contribution in [0.1, 0.15) is 44.6 Å². The summed E-state index contributed by atoms with van der Waals surface area (Å²) in [5.74, 6) is 2.40. The summed E-state index contributed by atoms with van der Waals surface area (Å²) in [5, 5.41) is 10.9. The minimum atomic E-state index is -3.97. The number of nitrogens with zero attached hydrogens (tertiary/aromatic N) is 3. The van der Waals surface area contributed by atoms with Crippen LogP contribution in [0.5, 0.6) is 0 Å². The molecule has 0 amide bonds. The molecule has 1 heterocycles. The van der Waals surface area contributed by atoms with Crippen LogP contribution in [0, 0.1) is 22.5 Å². The van der Waals surface area contributed by atoms with Gasteiger partial charge < -0.3 is 9.80 Å². The summed E-state index contributed by atoms with van der Waals surface area (Å²) >= 11 is 0. The third kappa shape index (κ3) is 7.40. The van der Waals surface area contributed by atoms with Gasteiger partial charge >= 0.3 is 0 Å². The number of rotatable bonds is 10. The average molecular weight is 516 g/mol. The van der Waals surface area contributed by atoms with Gasteiger partial charge in [0.2, 0.25) is 0 Å². The van der Waals surface area contributed by atoms with Gasteiger partial charge in [-0.25, -0.2) is 8.42 Å². The van der Waals surface area contributed by atoms with Crippen molar-refractivity contribution in [2.75, 3.05) is 51.0 Å². The fraction of sp³-hybridized carbons (Fsp3) is 0.636. The molecule has 0 unspecified atom stereocenters. The fourth-order valence-corrected chi connectivity index (χ4v) is 6.66. The molecule has 1 aromatic rings. The number of sulfone groups is 1. The van der Waals surface area contributed by atoms with Crippen molar-refractivity contribution in [2.45, 2.75) is 49.2 Å². The lowest BCUT2D eigenvalue weighted by molar-refractivity contribution is -0.385. The number of hydrogen-bond acceptors (Lipinski definition) is 9. The second kappa shape index (κ2) is 12.0. The maximum atomic E-state index is 13.9. The number of nitro benzene ring substituents is 1. The van der Waals surface area contributed by atoms with Gasteiger partial charge in [-0.2, -0.15) is 8.42 Å². The van der Waals surface area contributed by atoms with E-state index in [9.17, 15) is 26.9 Å². The third-order valence-electron chi connectivity index (χ3n) is 5.77. The third-order valence-corrected chi connectivity index (χ3v) is 8.64. The van der Waals surface area contributed by atoms with Gasteiger partial charge in [-0.1, -0.05) is 12.8 Å². The standard InChI is InChI=1S/C22H33N3O7S2/c1-5-11-24(14-15-32-33(4,28)29)22-18(6-2)16-19(25(26)27)17-21(22)34(30,31)20-9-7-12-23(3)13-8-10-20/h2,16-17,20H,5,7-15H2,1,3-4H3. The Labute approximate surface area is 202 Å². The second-order valence-corrected chi connectivity index (χ2v) is 12.3. The summed E-state index contributed by atoms with van der Waals surface area (Å²) in [5.41, 5.74) is -0.137. The predicted octanol–water partition coefficient (Wildman–Crippen LogP) is 2.42. The van der Waals surface area contributed by atoms with Crippen molar-refractivity contribution in [3.8, 4) is 12.3 Å². The van der Waals surface area contributed by atoms with Crippen LogP contribution in [0.25, 0.3) is 0 Å². The molecule has 1 fully saturated rings. The number of terminal acetylenes is 1. The van der Waals surface area contributed by atoms with Crippen LogP contribution in [-0.2, 0) is 24.1 Å². The van der Waals surface area contributed by atoms with Crippen molar-refractivity contribution < 1.29 is 25.9 Å². The van der Waals surface area contributed by atoms with E-state index < -0.39 is 35.8 Å². The molecule has 0 aromatic heterocycles. The van der Waals surface area contributed by atoms with Crippen molar-refractivity contribution in [3.05, 3.63) is 27.8 Å². The molecule has 1 aliphatic rings. The molecule has 190 valence electrons. The summed E-state index contributed by atoms with van der Waals surface area (Å²) < 4.78 is 55.5. The van der Waals surface area contributed by atoms with Gasteiger partial charge in [0.05, 0.1) is 39.2 Å². The lowest BCUT2D eigenvalue weighted by Crippen LogP contribution is -2.34. The Bertz CT molecular complexity index is 1120. The van der Waals surface area contributed by atoms with E-state index in [0.29, 0.717) is 38.6 Å². The zero-order valence-electron chi connectivity index (χ0n) is 19.9. The van der Waals surface area contributed by atoms with E-state index in [1.54, 1.807) is 4.90 Å². The molecule has 1 saturated heterocycles. The normalized spacial score (nSPS) is 16.4. The molecule has 1 aromatic carbocycles. The Balaban J connectivity index is 2.62. The van der Waals surface area contributed by atoms with Crippen LogP contribution in [0.15, 0.2) is 17.0 Å². The summed E-state index contributed by atoms with van der Waals surface area (Å²) in [6.07, 6.45) is 9.46. The SMILES string of the molecule is C#Cc1cc([N+](=O)[O-])cc(S(=O)(=O)C2CCCN(C)CCC2)c1N(CCC)CCOS(C)(=O)=O. The molecule has 0 spiro atoms. The molecule has 1 aliphatic heterocycles. The van der Waals surface area contributed by atoms with Gasteiger partial charge in [-0.05, 0) is 52.2 Å². The zero-order valence-corrected chi connectivity index (χ0v) is 21.5. The fourth-order valence-electron chi connectivity index (χ4n) is 4.18. The smallest absolute Gasteiger partial charge is 0.272 e. The van der Waals surface area contributed by atoms with Crippen LogP contribution >= 0.6 is 0 Å². The monoisotopic (exact) mass is 515 g/mol. The van der Waals surface area contributed by atoms with Gasteiger partial charge in [0.25, 0.3) is 15.8 Å². The van der Waals surface area contributed by atoms with E-state index in [2.05, 4.69) is 10.8 Å². The molecule has 0 radical (unpaired) electrons. The Morgan fingerprint density at radius 3 is 2.32 bits per heavy atom. The first kappa shape index (κ1) is 28.0. The molecule has 0 saturated carbocycles.